The van der Waals surface area contributed by atoms with E-state index < -0.39 is 0 Å². The van der Waals surface area contributed by atoms with E-state index in [-0.39, 0.29) is 5.92 Å². The number of rotatable bonds is 2. The third-order valence-electron chi connectivity index (χ3n) is 3.49. The van der Waals surface area contributed by atoms with Gasteiger partial charge in [0, 0.05) is 24.8 Å². The lowest BCUT2D eigenvalue weighted by atomic mass is 9.96. The molecule has 0 saturated carbocycles. The van der Waals surface area contributed by atoms with Crippen LogP contribution in [0.4, 0.5) is 0 Å². The third kappa shape index (κ3) is 2.67. The molecule has 3 nitrogen and oxygen atoms in total. The Morgan fingerprint density at radius 2 is 2.07 bits per heavy atom. The molecule has 2 heterocycles. The van der Waals surface area contributed by atoms with Crippen LogP contribution in [0.25, 0.3) is 0 Å². The average molecular weight is 228 g/mol. The molecule has 0 aromatic heterocycles. The minimum absolute atomic E-state index is 0.279. The van der Waals surface area contributed by atoms with Gasteiger partial charge >= 0.3 is 0 Å². The van der Waals surface area contributed by atoms with Crippen molar-refractivity contribution in [2.75, 3.05) is 31.6 Å². The minimum Gasteiger partial charge on any atom is -0.342 e. The van der Waals surface area contributed by atoms with E-state index in [2.05, 4.69) is 5.32 Å². The SMILES string of the molecule is CN(C(=O)C1CCNCC1)[C@@H]1CCSC1. The van der Waals surface area contributed by atoms with Crippen molar-refractivity contribution in [2.45, 2.75) is 25.3 Å². The molecule has 1 atom stereocenters. The second kappa shape index (κ2) is 5.21. The zero-order valence-corrected chi connectivity index (χ0v) is 10.2. The van der Waals surface area contributed by atoms with E-state index in [0.717, 1.165) is 31.7 Å². The number of hydrogen-bond donors (Lipinski definition) is 1. The minimum atomic E-state index is 0.279. The molecule has 15 heavy (non-hydrogen) atoms. The second-order valence-corrected chi connectivity index (χ2v) is 5.64. The zero-order chi connectivity index (χ0) is 10.7. The fourth-order valence-corrected chi connectivity index (χ4v) is 3.63. The van der Waals surface area contributed by atoms with Crippen LogP contribution in [0.1, 0.15) is 19.3 Å². The molecule has 2 saturated heterocycles. The highest BCUT2D eigenvalue weighted by Gasteiger charge is 2.29. The number of carbonyl (C=O) groups is 1. The van der Waals surface area contributed by atoms with Crippen LogP contribution in [0.2, 0.25) is 0 Å². The summed E-state index contributed by atoms with van der Waals surface area (Å²) in [6.45, 7) is 2.01. The molecule has 2 aliphatic heterocycles. The molecule has 0 spiro atoms. The quantitative estimate of drug-likeness (QED) is 0.764. The molecule has 0 unspecified atom stereocenters. The van der Waals surface area contributed by atoms with Crippen LogP contribution in [0.5, 0.6) is 0 Å². The van der Waals surface area contributed by atoms with Crippen molar-refractivity contribution in [1.29, 1.82) is 0 Å². The first kappa shape index (κ1) is 11.3. The molecule has 4 heteroatoms. The van der Waals surface area contributed by atoms with Gasteiger partial charge in [-0.25, -0.2) is 0 Å². The molecule has 0 aromatic rings. The number of amides is 1. The van der Waals surface area contributed by atoms with Crippen molar-refractivity contribution in [3.05, 3.63) is 0 Å². The van der Waals surface area contributed by atoms with Gasteiger partial charge in [-0.2, -0.15) is 11.8 Å². The van der Waals surface area contributed by atoms with Crippen molar-refractivity contribution >= 4 is 17.7 Å². The molecule has 0 bridgehead atoms. The standard InChI is InChI=1S/C11H20N2OS/c1-13(10-4-7-15-8-10)11(14)9-2-5-12-6-3-9/h9-10,12H,2-8H2,1H3/t10-/m1/s1. The summed E-state index contributed by atoms with van der Waals surface area (Å²) in [5, 5.41) is 3.30. The summed E-state index contributed by atoms with van der Waals surface area (Å²) in [6, 6.07) is 0.498. The number of nitrogens with one attached hydrogen (secondary N) is 1. The third-order valence-corrected chi connectivity index (χ3v) is 4.63. The maximum atomic E-state index is 12.2. The summed E-state index contributed by atoms with van der Waals surface area (Å²) in [4.78, 5) is 14.2. The molecule has 2 fully saturated rings. The van der Waals surface area contributed by atoms with Gasteiger partial charge in [-0.3, -0.25) is 4.79 Å². The first-order valence-corrected chi connectivity index (χ1v) is 6.99. The summed E-state index contributed by atoms with van der Waals surface area (Å²) < 4.78 is 0. The zero-order valence-electron chi connectivity index (χ0n) is 9.37. The normalized spacial score (nSPS) is 27.9. The average Bonchev–Trinajstić information content (AvgIpc) is 2.82. The fraction of sp³-hybridized carbons (Fsp3) is 0.909. The van der Waals surface area contributed by atoms with Gasteiger partial charge in [0.15, 0.2) is 0 Å². The van der Waals surface area contributed by atoms with Crippen LogP contribution in [0.15, 0.2) is 0 Å². The summed E-state index contributed by atoms with van der Waals surface area (Å²) in [6.07, 6.45) is 3.21. The van der Waals surface area contributed by atoms with Crippen LogP contribution in [-0.2, 0) is 4.79 Å². The van der Waals surface area contributed by atoms with Crippen molar-refractivity contribution < 1.29 is 4.79 Å². The Morgan fingerprint density at radius 3 is 2.67 bits per heavy atom. The number of carbonyl (C=O) groups excluding carboxylic acids is 1. The van der Waals surface area contributed by atoms with E-state index in [1.54, 1.807) is 0 Å². The topological polar surface area (TPSA) is 32.3 Å². The first-order chi connectivity index (χ1) is 7.29. The second-order valence-electron chi connectivity index (χ2n) is 4.49. The van der Waals surface area contributed by atoms with Crippen LogP contribution in [-0.4, -0.2) is 48.5 Å². The van der Waals surface area contributed by atoms with Crippen LogP contribution < -0.4 is 5.32 Å². The summed E-state index contributed by atoms with van der Waals surface area (Å²) in [5.74, 6) is 3.01. The number of piperidine rings is 1. The van der Waals surface area contributed by atoms with Crippen LogP contribution >= 0.6 is 11.8 Å². The Labute approximate surface area is 96.0 Å². The van der Waals surface area contributed by atoms with Crippen LogP contribution in [0.3, 0.4) is 0 Å². The molecular formula is C11H20N2OS. The van der Waals surface area contributed by atoms with Crippen molar-refractivity contribution in [1.82, 2.24) is 10.2 Å². The van der Waals surface area contributed by atoms with E-state index in [4.69, 9.17) is 0 Å². The summed E-state index contributed by atoms with van der Waals surface area (Å²) >= 11 is 1.97. The van der Waals surface area contributed by atoms with Gasteiger partial charge in [0.1, 0.15) is 0 Å². The molecule has 0 aromatic carbocycles. The van der Waals surface area contributed by atoms with E-state index >= 15 is 0 Å². The van der Waals surface area contributed by atoms with E-state index in [9.17, 15) is 4.79 Å². The highest BCUT2D eigenvalue weighted by Crippen LogP contribution is 2.24. The maximum Gasteiger partial charge on any atom is 0.225 e. The van der Waals surface area contributed by atoms with Crippen molar-refractivity contribution in [3.63, 3.8) is 0 Å². The van der Waals surface area contributed by atoms with Gasteiger partial charge in [0.25, 0.3) is 0 Å². The van der Waals surface area contributed by atoms with Crippen LogP contribution in [0, 0.1) is 5.92 Å². The molecule has 86 valence electrons. The number of nitrogens with zero attached hydrogens (tertiary/aromatic N) is 1. The number of thioether (sulfide) groups is 1. The largest absolute Gasteiger partial charge is 0.342 e. The fourth-order valence-electron chi connectivity index (χ4n) is 2.36. The highest BCUT2D eigenvalue weighted by atomic mass is 32.2. The van der Waals surface area contributed by atoms with Gasteiger partial charge in [0.05, 0.1) is 0 Å². The lowest BCUT2D eigenvalue weighted by Crippen LogP contribution is -2.43. The van der Waals surface area contributed by atoms with Crippen molar-refractivity contribution in [3.8, 4) is 0 Å². The van der Waals surface area contributed by atoms with Gasteiger partial charge < -0.3 is 10.2 Å². The predicted octanol–water partition coefficient (Wildman–Crippen LogP) is 0.950. The lowest BCUT2D eigenvalue weighted by molar-refractivity contribution is -0.136. The molecule has 0 aliphatic carbocycles. The molecule has 0 radical (unpaired) electrons. The van der Waals surface area contributed by atoms with Crippen molar-refractivity contribution in [2.24, 2.45) is 5.92 Å². The maximum absolute atomic E-state index is 12.2. The highest BCUT2D eigenvalue weighted by molar-refractivity contribution is 7.99. The number of hydrogen-bond acceptors (Lipinski definition) is 3. The van der Waals surface area contributed by atoms with Gasteiger partial charge in [0.2, 0.25) is 5.91 Å². The van der Waals surface area contributed by atoms with E-state index in [1.165, 1.54) is 12.2 Å². The molecule has 1 amide bonds. The summed E-state index contributed by atoms with van der Waals surface area (Å²) in [7, 11) is 1.99. The van der Waals surface area contributed by atoms with E-state index in [0.29, 0.717) is 11.9 Å². The van der Waals surface area contributed by atoms with Gasteiger partial charge in [-0.1, -0.05) is 0 Å². The Hall–Kier alpha value is -0.220. The Kier molecular flexibility index (Phi) is 3.92. The summed E-state index contributed by atoms with van der Waals surface area (Å²) in [5.41, 5.74) is 0. The van der Waals surface area contributed by atoms with Gasteiger partial charge in [-0.05, 0) is 38.1 Å². The molecular weight excluding hydrogens is 208 g/mol. The van der Waals surface area contributed by atoms with E-state index in [1.807, 2.05) is 23.7 Å². The predicted molar refractivity (Wildman–Crippen MR) is 64.1 cm³/mol. The molecule has 2 rings (SSSR count). The molecule has 2 aliphatic rings. The smallest absolute Gasteiger partial charge is 0.225 e. The molecule has 1 N–H and O–H groups in total. The Balaban J connectivity index is 1.87. The lowest BCUT2D eigenvalue weighted by Gasteiger charge is -2.30. The first-order valence-electron chi connectivity index (χ1n) is 5.84. The monoisotopic (exact) mass is 228 g/mol. The Morgan fingerprint density at radius 1 is 1.33 bits per heavy atom. The van der Waals surface area contributed by atoms with Gasteiger partial charge in [-0.15, -0.1) is 0 Å². The Bertz CT molecular complexity index is 223.